The molecule has 0 atom stereocenters. The van der Waals surface area contributed by atoms with E-state index in [9.17, 15) is 9.59 Å². The third-order valence-electron chi connectivity index (χ3n) is 1.89. The number of benzene rings is 1. The summed E-state index contributed by atoms with van der Waals surface area (Å²) in [6, 6.07) is 3.18. The molecule has 0 unspecified atom stereocenters. The zero-order valence-corrected chi connectivity index (χ0v) is 11.3. The highest BCUT2D eigenvalue weighted by atomic mass is 127. The van der Waals surface area contributed by atoms with Crippen molar-refractivity contribution in [1.29, 1.82) is 0 Å². The van der Waals surface area contributed by atoms with Crippen LogP contribution in [0.3, 0.4) is 0 Å². The summed E-state index contributed by atoms with van der Waals surface area (Å²) in [7, 11) is 1.46. The summed E-state index contributed by atoms with van der Waals surface area (Å²) in [5, 5.41) is 0. The first-order chi connectivity index (χ1) is 7.45. The fourth-order valence-electron chi connectivity index (χ4n) is 1.21. The molecule has 0 aliphatic carbocycles. The molecule has 86 valence electrons. The number of Topliss-reactive ketones (excluding diaryl/α,β-unsaturated/α-hetero) is 1. The largest absolute Gasteiger partial charge is 0.496 e. The topological polar surface area (TPSA) is 52.6 Å². The number of methoxy groups -OCH3 is 1. The first kappa shape index (κ1) is 13.0. The fraction of sp³-hybridized carbons (Fsp3) is 0.273. The van der Waals surface area contributed by atoms with Gasteiger partial charge in [0.15, 0.2) is 5.78 Å². The first-order valence-corrected chi connectivity index (χ1v) is 5.60. The standard InChI is InChI=1S/C11H11IO4/c1-6(13)8-4-9(12)11(16-7(2)14)5-10(8)15-3/h4-5H,1-3H3. The third-order valence-corrected chi connectivity index (χ3v) is 2.73. The Morgan fingerprint density at radius 3 is 2.25 bits per heavy atom. The minimum Gasteiger partial charge on any atom is -0.496 e. The highest BCUT2D eigenvalue weighted by Crippen LogP contribution is 2.30. The van der Waals surface area contributed by atoms with Gasteiger partial charge in [-0.05, 0) is 35.6 Å². The quantitative estimate of drug-likeness (QED) is 0.369. The molecule has 16 heavy (non-hydrogen) atoms. The molecule has 0 saturated carbocycles. The van der Waals surface area contributed by atoms with Gasteiger partial charge in [0.05, 0.1) is 16.2 Å². The SMILES string of the molecule is COc1cc(OC(C)=O)c(I)cc1C(C)=O. The van der Waals surface area contributed by atoms with E-state index in [2.05, 4.69) is 0 Å². The van der Waals surface area contributed by atoms with Crippen molar-refractivity contribution in [3.8, 4) is 11.5 Å². The molecule has 0 bridgehead atoms. The summed E-state index contributed by atoms with van der Waals surface area (Å²) in [5.74, 6) is 0.304. The number of rotatable bonds is 3. The monoisotopic (exact) mass is 334 g/mol. The van der Waals surface area contributed by atoms with E-state index in [1.54, 1.807) is 12.1 Å². The maximum Gasteiger partial charge on any atom is 0.308 e. The van der Waals surface area contributed by atoms with Crippen LogP contribution in [0.15, 0.2) is 12.1 Å². The lowest BCUT2D eigenvalue weighted by Gasteiger charge is -2.10. The van der Waals surface area contributed by atoms with Crippen molar-refractivity contribution in [1.82, 2.24) is 0 Å². The highest BCUT2D eigenvalue weighted by molar-refractivity contribution is 14.1. The van der Waals surface area contributed by atoms with Crippen molar-refractivity contribution >= 4 is 34.3 Å². The molecule has 0 fully saturated rings. The molecule has 0 radical (unpaired) electrons. The van der Waals surface area contributed by atoms with E-state index < -0.39 is 5.97 Å². The third kappa shape index (κ3) is 2.94. The smallest absolute Gasteiger partial charge is 0.308 e. The predicted molar refractivity (Wildman–Crippen MR) is 67.0 cm³/mol. The van der Waals surface area contributed by atoms with E-state index in [0.717, 1.165) is 0 Å². The van der Waals surface area contributed by atoms with Crippen LogP contribution in [0.2, 0.25) is 0 Å². The van der Waals surface area contributed by atoms with Crippen molar-refractivity contribution in [2.45, 2.75) is 13.8 Å². The van der Waals surface area contributed by atoms with E-state index in [4.69, 9.17) is 9.47 Å². The summed E-state index contributed by atoms with van der Waals surface area (Å²) in [6.45, 7) is 2.78. The predicted octanol–water partition coefficient (Wildman–Crippen LogP) is 2.43. The molecule has 1 rings (SSSR count). The van der Waals surface area contributed by atoms with Crippen molar-refractivity contribution in [2.75, 3.05) is 7.11 Å². The Bertz CT molecular complexity index is 440. The van der Waals surface area contributed by atoms with Gasteiger partial charge in [0.25, 0.3) is 0 Å². The Hall–Kier alpha value is -1.11. The van der Waals surface area contributed by atoms with Crippen molar-refractivity contribution < 1.29 is 19.1 Å². The second kappa shape index (κ2) is 5.29. The van der Waals surface area contributed by atoms with E-state index in [1.807, 2.05) is 22.6 Å². The molecule has 1 aromatic carbocycles. The number of esters is 1. The minimum atomic E-state index is -0.407. The summed E-state index contributed by atoms with van der Waals surface area (Å²) in [4.78, 5) is 22.2. The number of hydrogen-bond donors (Lipinski definition) is 0. The van der Waals surface area contributed by atoms with Gasteiger partial charge in [0.1, 0.15) is 11.5 Å². The van der Waals surface area contributed by atoms with Crippen molar-refractivity contribution in [3.05, 3.63) is 21.3 Å². The van der Waals surface area contributed by atoms with Gasteiger partial charge >= 0.3 is 5.97 Å². The van der Waals surface area contributed by atoms with Crippen LogP contribution in [0.4, 0.5) is 0 Å². The maximum atomic E-state index is 11.3. The number of carbonyl (C=O) groups is 2. The zero-order valence-electron chi connectivity index (χ0n) is 9.17. The van der Waals surface area contributed by atoms with Gasteiger partial charge in [-0.2, -0.15) is 0 Å². The molecule has 0 N–H and O–H groups in total. The molecular formula is C11H11IO4. The van der Waals surface area contributed by atoms with Gasteiger partial charge in [-0.3, -0.25) is 9.59 Å². The summed E-state index contributed by atoms with van der Waals surface area (Å²) >= 11 is 2.00. The van der Waals surface area contributed by atoms with Gasteiger partial charge in [-0.15, -0.1) is 0 Å². The Morgan fingerprint density at radius 2 is 1.81 bits per heavy atom. The highest BCUT2D eigenvalue weighted by Gasteiger charge is 2.14. The maximum absolute atomic E-state index is 11.3. The second-order valence-electron chi connectivity index (χ2n) is 3.13. The lowest BCUT2D eigenvalue weighted by atomic mass is 10.1. The lowest BCUT2D eigenvalue weighted by molar-refractivity contribution is -0.131. The molecule has 5 heteroatoms. The second-order valence-corrected chi connectivity index (χ2v) is 4.29. The van der Waals surface area contributed by atoms with Crippen LogP contribution >= 0.6 is 22.6 Å². The molecule has 0 aliphatic heterocycles. The van der Waals surface area contributed by atoms with E-state index in [-0.39, 0.29) is 5.78 Å². The fourth-order valence-corrected chi connectivity index (χ4v) is 1.79. The number of ketones is 1. The number of ether oxygens (including phenoxy) is 2. The number of hydrogen-bond acceptors (Lipinski definition) is 4. The average molecular weight is 334 g/mol. The van der Waals surface area contributed by atoms with E-state index in [1.165, 1.54) is 21.0 Å². The summed E-state index contributed by atoms with van der Waals surface area (Å²) < 4.78 is 10.7. The van der Waals surface area contributed by atoms with Crippen LogP contribution in [0.25, 0.3) is 0 Å². The molecule has 0 amide bonds. The van der Waals surface area contributed by atoms with Crippen LogP contribution in [-0.2, 0) is 4.79 Å². The Labute approximate surface area is 107 Å². The Balaban J connectivity index is 3.25. The van der Waals surface area contributed by atoms with Crippen molar-refractivity contribution in [2.24, 2.45) is 0 Å². The van der Waals surface area contributed by atoms with Gasteiger partial charge < -0.3 is 9.47 Å². The minimum absolute atomic E-state index is 0.0934. The van der Waals surface area contributed by atoms with Crippen molar-refractivity contribution in [3.63, 3.8) is 0 Å². The van der Waals surface area contributed by atoms with E-state index >= 15 is 0 Å². The van der Waals surface area contributed by atoms with Gasteiger partial charge in [-0.25, -0.2) is 0 Å². The van der Waals surface area contributed by atoms with Gasteiger partial charge in [-0.1, -0.05) is 0 Å². The molecule has 0 aromatic heterocycles. The van der Waals surface area contributed by atoms with Crippen LogP contribution < -0.4 is 9.47 Å². The number of carbonyl (C=O) groups excluding carboxylic acids is 2. The molecule has 0 saturated heterocycles. The lowest BCUT2D eigenvalue weighted by Crippen LogP contribution is -2.05. The summed E-state index contributed by atoms with van der Waals surface area (Å²) in [5.41, 5.74) is 0.475. The zero-order chi connectivity index (χ0) is 12.3. The van der Waals surface area contributed by atoms with Crippen LogP contribution in [0, 0.1) is 3.57 Å². The first-order valence-electron chi connectivity index (χ1n) is 4.52. The average Bonchev–Trinajstić information content (AvgIpc) is 2.19. The molecule has 0 aliphatic rings. The van der Waals surface area contributed by atoms with Crippen LogP contribution in [0.5, 0.6) is 11.5 Å². The van der Waals surface area contributed by atoms with Crippen LogP contribution in [0.1, 0.15) is 24.2 Å². The molecule has 0 spiro atoms. The Kier molecular flexibility index (Phi) is 4.28. The molecule has 1 aromatic rings. The van der Waals surface area contributed by atoms with Crippen LogP contribution in [-0.4, -0.2) is 18.9 Å². The summed E-state index contributed by atoms with van der Waals surface area (Å²) in [6.07, 6.45) is 0. The molecule has 4 nitrogen and oxygen atoms in total. The van der Waals surface area contributed by atoms with Gasteiger partial charge in [0.2, 0.25) is 0 Å². The normalized spacial score (nSPS) is 9.75. The molecular weight excluding hydrogens is 323 g/mol. The Morgan fingerprint density at radius 1 is 1.19 bits per heavy atom. The van der Waals surface area contributed by atoms with Gasteiger partial charge in [0, 0.05) is 13.0 Å². The molecule has 0 heterocycles. The van der Waals surface area contributed by atoms with E-state index in [0.29, 0.717) is 20.6 Å². The number of halogens is 1.